The lowest BCUT2D eigenvalue weighted by molar-refractivity contribution is -0.139. The summed E-state index contributed by atoms with van der Waals surface area (Å²) in [7, 11) is 0. The molecule has 1 aliphatic carbocycles. The van der Waals surface area contributed by atoms with Crippen molar-refractivity contribution in [2.24, 2.45) is 0 Å². The Bertz CT molecular complexity index is 1170. The van der Waals surface area contributed by atoms with Crippen molar-refractivity contribution >= 4 is 23.7 Å². The molecule has 0 aromatic heterocycles. The molecule has 1 aliphatic rings. The Morgan fingerprint density at radius 2 is 1.61 bits per heavy atom. The lowest BCUT2D eigenvalue weighted by Gasteiger charge is -2.17. The number of carboxylic acid groups (broad SMARTS) is 1. The zero-order chi connectivity index (χ0) is 23.5. The molecule has 0 unspecified atom stereocenters. The molecule has 0 heterocycles. The first kappa shape index (κ1) is 22.7. The summed E-state index contributed by atoms with van der Waals surface area (Å²) in [6.07, 6.45) is -1.08. The molecule has 3 aromatic carbocycles. The van der Waals surface area contributed by atoms with Crippen LogP contribution in [0.3, 0.4) is 0 Å². The van der Waals surface area contributed by atoms with E-state index in [2.05, 4.69) is 5.32 Å². The van der Waals surface area contributed by atoms with Gasteiger partial charge < -0.3 is 15.2 Å². The van der Waals surface area contributed by atoms with E-state index in [0.717, 1.165) is 28.3 Å². The predicted octanol–water partition coefficient (Wildman–Crippen LogP) is 5.54. The summed E-state index contributed by atoms with van der Waals surface area (Å²) >= 11 is 5.56. The van der Waals surface area contributed by atoms with Gasteiger partial charge >= 0.3 is 12.1 Å². The number of hydrogen-bond acceptors (Lipinski definition) is 3. The fraction of sp³-hybridized carbons (Fsp3) is 0.200. The number of carbonyl (C=O) groups is 2. The summed E-state index contributed by atoms with van der Waals surface area (Å²) in [5, 5.41) is 11.1. The predicted molar refractivity (Wildman–Crippen MR) is 119 cm³/mol. The first-order valence-electron chi connectivity index (χ1n) is 10.3. The van der Waals surface area contributed by atoms with Gasteiger partial charge in [-0.2, -0.15) is 0 Å². The Labute approximate surface area is 194 Å². The minimum Gasteiger partial charge on any atom is -0.480 e. The molecular weight excluding hydrogens is 452 g/mol. The molecule has 2 N–H and O–H groups in total. The summed E-state index contributed by atoms with van der Waals surface area (Å²) in [5.41, 5.74) is 4.27. The van der Waals surface area contributed by atoms with E-state index in [1.165, 1.54) is 6.07 Å². The van der Waals surface area contributed by atoms with Gasteiger partial charge in [0.05, 0.1) is 0 Å². The molecular formula is C25H20ClF2NO4. The summed E-state index contributed by atoms with van der Waals surface area (Å²) in [5.74, 6) is -3.30. The number of benzene rings is 3. The molecule has 4 rings (SSSR count). The standard InChI is InChI=1S/C25H20ClF2NO4/c26-22-20(27)11-9-14(23(22)28)10-12-21(24(30)31)29-25(32)33-13-19-17-7-3-1-5-15(17)16-6-2-4-8-18(16)19/h1-9,11,19,21H,10,12-13H2,(H,29,32)(H,30,31)/t21-/m1/s1. The molecule has 33 heavy (non-hydrogen) atoms. The Kier molecular flexibility index (Phi) is 6.60. The second kappa shape index (κ2) is 9.58. The number of halogens is 3. The second-order valence-electron chi connectivity index (χ2n) is 7.73. The molecule has 0 saturated heterocycles. The fourth-order valence-corrected chi connectivity index (χ4v) is 4.28. The van der Waals surface area contributed by atoms with Gasteiger partial charge in [0.1, 0.15) is 29.3 Å². The molecule has 0 radical (unpaired) electrons. The molecule has 1 amide bonds. The fourth-order valence-electron chi connectivity index (χ4n) is 4.10. The number of alkyl carbamates (subject to hydrolysis) is 1. The van der Waals surface area contributed by atoms with Crippen molar-refractivity contribution in [2.45, 2.75) is 24.8 Å². The number of aryl methyl sites for hydroxylation is 1. The Morgan fingerprint density at radius 1 is 1.00 bits per heavy atom. The van der Waals surface area contributed by atoms with Crippen LogP contribution in [-0.2, 0) is 16.0 Å². The third-order valence-corrected chi connectivity index (χ3v) is 6.10. The first-order chi connectivity index (χ1) is 15.9. The molecule has 0 spiro atoms. The maximum absolute atomic E-state index is 14.1. The number of rotatable bonds is 7. The topological polar surface area (TPSA) is 75.6 Å². The number of nitrogens with one attached hydrogen (secondary N) is 1. The number of amides is 1. The van der Waals surface area contributed by atoms with Gasteiger partial charge in [-0.05, 0) is 46.7 Å². The van der Waals surface area contributed by atoms with Gasteiger partial charge in [0.25, 0.3) is 0 Å². The molecule has 0 aliphatic heterocycles. The van der Waals surface area contributed by atoms with Crippen molar-refractivity contribution in [3.05, 3.63) is 94.0 Å². The van der Waals surface area contributed by atoms with Crippen LogP contribution in [0.1, 0.15) is 29.0 Å². The van der Waals surface area contributed by atoms with Crippen LogP contribution in [0.4, 0.5) is 13.6 Å². The van der Waals surface area contributed by atoms with Gasteiger partial charge in [-0.15, -0.1) is 0 Å². The number of carboxylic acids is 1. The zero-order valence-corrected chi connectivity index (χ0v) is 18.1. The van der Waals surface area contributed by atoms with Gasteiger partial charge in [-0.1, -0.05) is 66.2 Å². The highest BCUT2D eigenvalue weighted by Crippen LogP contribution is 2.44. The summed E-state index contributed by atoms with van der Waals surface area (Å²) in [6, 6.07) is 16.6. The van der Waals surface area contributed by atoms with Gasteiger partial charge in [-0.25, -0.2) is 18.4 Å². The molecule has 3 aromatic rings. The normalized spacial score (nSPS) is 13.2. The van der Waals surface area contributed by atoms with Crippen molar-refractivity contribution in [1.29, 1.82) is 0 Å². The summed E-state index contributed by atoms with van der Waals surface area (Å²) < 4.78 is 32.8. The van der Waals surface area contributed by atoms with Gasteiger partial charge in [-0.3, -0.25) is 0 Å². The molecule has 0 bridgehead atoms. The van der Waals surface area contributed by atoms with Crippen LogP contribution in [0.25, 0.3) is 11.1 Å². The van der Waals surface area contributed by atoms with E-state index in [-0.39, 0.29) is 30.9 Å². The lowest BCUT2D eigenvalue weighted by atomic mass is 9.98. The van der Waals surface area contributed by atoms with Crippen LogP contribution in [0.2, 0.25) is 5.02 Å². The van der Waals surface area contributed by atoms with Crippen LogP contribution >= 0.6 is 11.6 Å². The van der Waals surface area contributed by atoms with Crippen molar-refractivity contribution in [3.8, 4) is 11.1 Å². The third kappa shape index (κ3) is 4.68. The molecule has 170 valence electrons. The molecule has 8 heteroatoms. The van der Waals surface area contributed by atoms with Gasteiger partial charge in [0, 0.05) is 5.92 Å². The van der Waals surface area contributed by atoms with E-state index >= 15 is 0 Å². The highest BCUT2D eigenvalue weighted by molar-refractivity contribution is 6.30. The maximum Gasteiger partial charge on any atom is 0.407 e. The van der Waals surface area contributed by atoms with E-state index in [1.807, 2.05) is 48.5 Å². The molecule has 5 nitrogen and oxygen atoms in total. The Morgan fingerprint density at radius 3 is 2.21 bits per heavy atom. The highest BCUT2D eigenvalue weighted by Gasteiger charge is 2.29. The van der Waals surface area contributed by atoms with E-state index < -0.39 is 34.8 Å². The van der Waals surface area contributed by atoms with E-state index in [0.29, 0.717) is 0 Å². The van der Waals surface area contributed by atoms with Crippen LogP contribution in [0.15, 0.2) is 60.7 Å². The van der Waals surface area contributed by atoms with Crippen molar-refractivity contribution in [2.75, 3.05) is 6.61 Å². The quantitative estimate of drug-likeness (QED) is 0.443. The third-order valence-electron chi connectivity index (χ3n) is 5.75. The molecule has 0 fully saturated rings. The van der Waals surface area contributed by atoms with Crippen LogP contribution in [-0.4, -0.2) is 29.8 Å². The van der Waals surface area contributed by atoms with Crippen LogP contribution in [0.5, 0.6) is 0 Å². The first-order valence-corrected chi connectivity index (χ1v) is 10.7. The average molecular weight is 472 g/mol. The minimum atomic E-state index is -1.32. The van der Waals surface area contributed by atoms with E-state index in [4.69, 9.17) is 16.3 Å². The largest absolute Gasteiger partial charge is 0.480 e. The van der Waals surface area contributed by atoms with Crippen LogP contribution < -0.4 is 5.32 Å². The van der Waals surface area contributed by atoms with Crippen molar-refractivity contribution in [3.63, 3.8) is 0 Å². The number of ether oxygens (including phenoxy) is 1. The second-order valence-corrected chi connectivity index (χ2v) is 8.11. The Hall–Kier alpha value is -3.45. The smallest absolute Gasteiger partial charge is 0.407 e. The number of hydrogen-bond donors (Lipinski definition) is 2. The zero-order valence-electron chi connectivity index (χ0n) is 17.4. The Balaban J connectivity index is 1.39. The van der Waals surface area contributed by atoms with Crippen molar-refractivity contribution in [1.82, 2.24) is 5.32 Å². The van der Waals surface area contributed by atoms with Gasteiger partial charge in [0.2, 0.25) is 0 Å². The summed E-state index contributed by atoms with van der Waals surface area (Å²) in [4.78, 5) is 24.0. The summed E-state index contributed by atoms with van der Waals surface area (Å²) in [6.45, 7) is 0.0361. The van der Waals surface area contributed by atoms with Gasteiger partial charge in [0.15, 0.2) is 0 Å². The average Bonchev–Trinajstić information content (AvgIpc) is 3.13. The number of fused-ring (bicyclic) bond motifs is 3. The number of aliphatic carboxylic acids is 1. The van der Waals surface area contributed by atoms with Crippen molar-refractivity contribution < 1.29 is 28.2 Å². The van der Waals surface area contributed by atoms with E-state index in [1.54, 1.807) is 0 Å². The highest BCUT2D eigenvalue weighted by atomic mass is 35.5. The van der Waals surface area contributed by atoms with Crippen LogP contribution in [0, 0.1) is 11.6 Å². The maximum atomic E-state index is 14.1. The number of carbonyl (C=O) groups excluding carboxylic acids is 1. The van der Waals surface area contributed by atoms with E-state index in [9.17, 15) is 23.5 Å². The molecule has 0 saturated carbocycles. The monoisotopic (exact) mass is 471 g/mol. The minimum absolute atomic E-state index is 0.0361. The molecule has 1 atom stereocenters. The lowest BCUT2D eigenvalue weighted by Crippen LogP contribution is -2.41. The SMILES string of the molecule is O=C(N[C@H](CCc1ccc(F)c(Cl)c1F)C(=O)O)OCC1c2ccccc2-c2ccccc21.